The van der Waals surface area contributed by atoms with Gasteiger partial charge in [-0.3, -0.25) is 4.57 Å². The van der Waals surface area contributed by atoms with Gasteiger partial charge >= 0.3 is 5.69 Å². The van der Waals surface area contributed by atoms with Crippen LogP contribution in [0.2, 0.25) is 0 Å². The maximum absolute atomic E-state index is 11.5. The molecule has 0 aliphatic heterocycles. The van der Waals surface area contributed by atoms with Crippen LogP contribution in [0.15, 0.2) is 45.9 Å². The van der Waals surface area contributed by atoms with Gasteiger partial charge in [-0.2, -0.15) is 0 Å². The number of nitrogens with one attached hydrogen (secondary N) is 1. The summed E-state index contributed by atoms with van der Waals surface area (Å²) in [6, 6.07) is 7.89. The smallest absolute Gasteiger partial charge is 0.347 e. The summed E-state index contributed by atoms with van der Waals surface area (Å²) in [5, 5.41) is 3.27. The van der Waals surface area contributed by atoms with Gasteiger partial charge in [-0.25, -0.2) is 9.78 Å². The highest BCUT2D eigenvalue weighted by Gasteiger charge is 1.99. The summed E-state index contributed by atoms with van der Waals surface area (Å²) < 4.78 is 2.62. The largest absolute Gasteiger partial charge is 0.382 e. The molecule has 18 heavy (non-hydrogen) atoms. The van der Waals surface area contributed by atoms with Crippen LogP contribution < -0.4 is 11.0 Å². The molecular weight excluding hydrogens is 294 g/mol. The molecule has 0 atom stereocenters. The van der Waals surface area contributed by atoms with Gasteiger partial charge in [0, 0.05) is 35.6 Å². The number of hydrogen-bond acceptors (Lipinski definition) is 3. The summed E-state index contributed by atoms with van der Waals surface area (Å²) in [6.45, 7) is 3.19. The number of aryl methyl sites for hydroxylation is 1. The van der Waals surface area contributed by atoms with Crippen molar-refractivity contribution in [1.82, 2.24) is 9.55 Å². The maximum atomic E-state index is 11.5. The lowest BCUT2D eigenvalue weighted by atomic mass is 10.3. The quantitative estimate of drug-likeness (QED) is 0.943. The molecule has 0 amide bonds. The first-order valence-corrected chi connectivity index (χ1v) is 6.47. The van der Waals surface area contributed by atoms with Crippen molar-refractivity contribution in [3.8, 4) is 0 Å². The lowest BCUT2D eigenvalue weighted by molar-refractivity contribution is 0.669. The molecular formula is C13H14BrN3O. The standard InChI is InChI=1S/C13H14BrN3O/c1-10-8-16-13(18)17(9-10)7-6-15-12-5-3-2-4-11(12)14/h2-5,8-9,15H,6-7H2,1H3. The first kappa shape index (κ1) is 12.8. The van der Waals surface area contributed by atoms with Gasteiger partial charge in [0.05, 0.1) is 0 Å². The third-order valence-electron chi connectivity index (χ3n) is 2.53. The SMILES string of the molecule is Cc1cnc(=O)n(CCNc2ccccc2Br)c1. The molecule has 0 fully saturated rings. The van der Waals surface area contributed by atoms with Crippen molar-refractivity contribution in [2.75, 3.05) is 11.9 Å². The predicted octanol–water partition coefficient (Wildman–Crippen LogP) is 2.43. The second-order valence-corrected chi connectivity index (χ2v) is 4.87. The molecule has 0 radical (unpaired) electrons. The molecule has 0 aliphatic carbocycles. The molecule has 1 heterocycles. The highest BCUT2D eigenvalue weighted by molar-refractivity contribution is 9.10. The Balaban J connectivity index is 1.99. The van der Waals surface area contributed by atoms with E-state index in [1.807, 2.05) is 37.4 Å². The van der Waals surface area contributed by atoms with Crippen LogP contribution in [0.25, 0.3) is 0 Å². The van der Waals surface area contributed by atoms with Gasteiger partial charge in [0.25, 0.3) is 0 Å². The number of nitrogens with zero attached hydrogens (tertiary/aromatic N) is 2. The van der Waals surface area contributed by atoms with Crippen LogP contribution in [0.1, 0.15) is 5.56 Å². The normalized spacial score (nSPS) is 10.3. The number of para-hydroxylation sites is 1. The van der Waals surface area contributed by atoms with E-state index in [0.717, 1.165) is 15.7 Å². The van der Waals surface area contributed by atoms with Crippen molar-refractivity contribution in [2.45, 2.75) is 13.5 Å². The lowest BCUT2D eigenvalue weighted by Gasteiger charge is -2.09. The number of anilines is 1. The minimum atomic E-state index is -0.213. The van der Waals surface area contributed by atoms with Crippen LogP contribution in [0.4, 0.5) is 5.69 Å². The van der Waals surface area contributed by atoms with E-state index in [2.05, 4.69) is 26.2 Å². The molecule has 0 saturated carbocycles. The third-order valence-corrected chi connectivity index (χ3v) is 3.22. The van der Waals surface area contributed by atoms with Gasteiger partial charge in [0.15, 0.2) is 0 Å². The van der Waals surface area contributed by atoms with Crippen molar-refractivity contribution in [3.05, 3.63) is 57.2 Å². The number of halogens is 1. The Kier molecular flexibility index (Phi) is 4.15. The highest BCUT2D eigenvalue weighted by atomic mass is 79.9. The van der Waals surface area contributed by atoms with Crippen molar-refractivity contribution in [1.29, 1.82) is 0 Å². The number of benzene rings is 1. The van der Waals surface area contributed by atoms with Crippen molar-refractivity contribution in [2.24, 2.45) is 0 Å². The molecule has 0 aliphatic rings. The summed E-state index contributed by atoms with van der Waals surface area (Å²) in [7, 11) is 0. The number of aromatic nitrogens is 2. The predicted molar refractivity (Wildman–Crippen MR) is 75.9 cm³/mol. The molecule has 5 heteroatoms. The average molecular weight is 308 g/mol. The fourth-order valence-electron chi connectivity index (χ4n) is 1.64. The Morgan fingerprint density at radius 3 is 2.94 bits per heavy atom. The van der Waals surface area contributed by atoms with E-state index in [-0.39, 0.29) is 5.69 Å². The van der Waals surface area contributed by atoms with E-state index in [1.165, 1.54) is 0 Å². The van der Waals surface area contributed by atoms with Gasteiger partial charge in [0.1, 0.15) is 0 Å². The second-order valence-electron chi connectivity index (χ2n) is 4.01. The fraction of sp³-hybridized carbons (Fsp3) is 0.231. The van der Waals surface area contributed by atoms with Gasteiger partial charge < -0.3 is 5.32 Å². The topological polar surface area (TPSA) is 46.9 Å². The lowest BCUT2D eigenvalue weighted by Crippen LogP contribution is -2.25. The van der Waals surface area contributed by atoms with E-state index in [4.69, 9.17) is 0 Å². The zero-order valence-corrected chi connectivity index (χ0v) is 11.6. The minimum Gasteiger partial charge on any atom is -0.382 e. The molecule has 0 unspecified atom stereocenters. The Morgan fingerprint density at radius 2 is 2.17 bits per heavy atom. The second kappa shape index (κ2) is 5.82. The molecule has 0 spiro atoms. The first-order valence-electron chi connectivity index (χ1n) is 5.68. The van der Waals surface area contributed by atoms with Crippen LogP contribution in [-0.2, 0) is 6.54 Å². The summed E-state index contributed by atoms with van der Waals surface area (Å²) in [6.07, 6.45) is 3.40. The van der Waals surface area contributed by atoms with Crippen LogP contribution >= 0.6 is 15.9 Å². The Labute approximate surface area is 114 Å². The Morgan fingerprint density at radius 1 is 1.39 bits per heavy atom. The van der Waals surface area contributed by atoms with Crippen LogP contribution in [0.5, 0.6) is 0 Å². The molecule has 0 bridgehead atoms. The molecule has 2 aromatic rings. The summed E-state index contributed by atoms with van der Waals surface area (Å²) in [5.74, 6) is 0. The van der Waals surface area contributed by atoms with Gasteiger partial charge in [-0.1, -0.05) is 12.1 Å². The van der Waals surface area contributed by atoms with E-state index in [0.29, 0.717) is 13.1 Å². The number of hydrogen-bond donors (Lipinski definition) is 1. The summed E-state index contributed by atoms with van der Waals surface area (Å²) in [5.41, 5.74) is 1.79. The van der Waals surface area contributed by atoms with Crippen molar-refractivity contribution in [3.63, 3.8) is 0 Å². The molecule has 1 N–H and O–H groups in total. The van der Waals surface area contributed by atoms with E-state index < -0.39 is 0 Å². The molecule has 4 nitrogen and oxygen atoms in total. The molecule has 1 aromatic heterocycles. The maximum Gasteiger partial charge on any atom is 0.347 e. The van der Waals surface area contributed by atoms with Gasteiger partial charge in [-0.15, -0.1) is 0 Å². The zero-order valence-electron chi connectivity index (χ0n) is 10.1. The van der Waals surface area contributed by atoms with Crippen LogP contribution in [0.3, 0.4) is 0 Å². The first-order chi connectivity index (χ1) is 8.66. The minimum absolute atomic E-state index is 0.213. The fourth-order valence-corrected chi connectivity index (χ4v) is 2.07. The van der Waals surface area contributed by atoms with Crippen molar-refractivity contribution >= 4 is 21.6 Å². The van der Waals surface area contributed by atoms with Crippen molar-refractivity contribution < 1.29 is 0 Å². The summed E-state index contributed by atoms with van der Waals surface area (Å²) >= 11 is 3.47. The number of rotatable bonds is 4. The average Bonchev–Trinajstić information content (AvgIpc) is 2.36. The van der Waals surface area contributed by atoms with E-state index >= 15 is 0 Å². The summed E-state index contributed by atoms with van der Waals surface area (Å²) in [4.78, 5) is 15.3. The molecule has 1 aromatic carbocycles. The van der Waals surface area contributed by atoms with Gasteiger partial charge in [-0.05, 0) is 40.5 Å². The van der Waals surface area contributed by atoms with E-state index in [9.17, 15) is 4.79 Å². The third kappa shape index (κ3) is 3.20. The molecule has 94 valence electrons. The van der Waals surface area contributed by atoms with E-state index in [1.54, 1.807) is 10.8 Å². The van der Waals surface area contributed by atoms with Gasteiger partial charge in [0.2, 0.25) is 0 Å². The molecule has 2 rings (SSSR count). The Bertz CT molecular complexity index is 595. The van der Waals surface area contributed by atoms with Crippen LogP contribution in [-0.4, -0.2) is 16.1 Å². The zero-order chi connectivity index (χ0) is 13.0. The van der Waals surface area contributed by atoms with Crippen LogP contribution in [0, 0.1) is 6.92 Å². The monoisotopic (exact) mass is 307 g/mol. The highest BCUT2D eigenvalue weighted by Crippen LogP contribution is 2.20. The molecule has 0 saturated heterocycles. The Hall–Kier alpha value is -1.62.